The summed E-state index contributed by atoms with van der Waals surface area (Å²) in [6.07, 6.45) is 1.42. The van der Waals surface area contributed by atoms with Crippen LogP contribution < -0.4 is 9.47 Å². The van der Waals surface area contributed by atoms with Gasteiger partial charge in [-0.05, 0) is 72.7 Å². The molecule has 0 N–H and O–H groups in total. The molecule has 0 saturated carbocycles. The maximum absolute atomic E-state index is 12.1. The average Bonchev–Trinajstić information content (AvgIpc) is 2.62. The first-order valence-electron chi connectivity index (χ1n) is 9.58. The van der Waals surface area contributed by atoms with Crippen molar-refractivity contribution in [2.45, 2.75) is 59.7 Å². The molecule has 1 aromatic carbocycles. The second-order valence-corrected chi connectivity index (χ2v) is 8.79. The highest BCUT2D eigenvalue weighted by molar-refractivity contribution is 5.90. The average molecular weight is 415 g/mol. The number of carbonyl (C=O) groups is 2. The number of aromatic nitrogens is 1. The zero-order valence-electron chi connectivity index (χ0n) is 18.8. The van der Waals surface area contributed by atoms with Crippen LogP contribution in [0.3, 0.4) is 0 Å². The van der Waals surface area contributed by atoms with Gasteiger partial charge in [-0.15, -0.1) is 0 Å². The highest BCUT2D eigenvalue weighted by atomic mass is 16.6. The number of hydrogen-bond acceptors (Lipinski definition) is 7. The number of methoxy groups -OCH3 is 1. The van der Waals surface area contributed by atoms with Crippen LogP contribution >= 0.6 is 0 Å². The maximum Gasteiger partial charge on any atom is 0.357 e. The third-order valence-corrected chi connectivity index (χ3v) is 3.72. The molecule has 0 spiro atoms. The molecule has 0 amide bonds. The molecule has 0 aliphatic rings. The Morgan fingerprint density at radius 3 is 2.03 bits per heavy atom. The fourth-order valence-corrected chi connectivity index (χ4v) is 2.46. The molecule has 0 aliphatic heterocycles. The van der Waals surface area contributed by atoms with Gasteiger partial charge in [-0.1, -0.05) is 0 Å². The Kier molecular flexibility index (Phi) is 6.75. The largest absolute Gasteiger partial charge is 0.488 e. The van der Waals surface area contributed by atoms with Crippen LogP contribution in [0.25, 0.3) is 0 Å². The summed E-state index contributed by atoms with van der Waals surface area (Å²) >= 11 is 0. The van der Waals surface area contributed by atoms with Crippen LogP contribution in [0.1, 0.15) is 68.0 Å². The number of esters is 2. The third kappa shape index (κ3) is 6.47. The SMILES string of the molecule is COC(=O)c1cc(Oc2ccc(C(=O)OC(C)(C)C)nc2)c(C)c(OC(C)(C)C)c1. The van der Waals surface area contributed by atoms with Crippen LogP contribution in [-0.2, 0) is 9.47 Å². The molecule has 2 aromatic rings. The molecular weight excluding hydrogens is 386 g/mol. The van der Waals surface area contributed by atoms with Gasteiger partial charge in [0.2, 0.25) is 0 Å². The van der Waals surface area contributed by atoms with E-state index < -0.39 is 23.1 Å². The normalized spacial score (nSPS) is 11.6. The molecule has 0 fully saturated rings. The number of rotatable bonds is 5. The zero-order chi connectivity index (χ0) is 22.7. The molecule has 30 heavy (non-hydrogen) atoms. The van der Waals surface area contributed by atoms with E-state index in [4.69, 9.17) is 18.9 Å². The number of benzene rings is 1. The number of pyridine rings is 1. The predicted molar refractivity (Wildman–Crippen MR) is 112 cm³/mol. The van der Waals surface area contributed by atoms with Crippen LogP contribution in [0.15, 0.2) is 30.5 Å². The zero-order valence-corrected chi connectivity index (χ0v) is 18.8. The Bertz CT molecular complexity index is 920. The Morgan fingerprint density at radius 1 is 0.900 bits per heavy atom. The van der Waals surface area contributed by atoms with E-state index in [1.165, 1.54) is 19.4 Å². The van der Waals surface area contributed by atoms with Crippen molar-refractivity contribution < 1.29 is 28.5 Å². The van der Waals surface area contributed by atoms with Crippen molar-refractivity contribution in [3.05, 3.63) is 47.3 Å². The van der Waals surface area contributed by atoms with Gasteiger partial charge in [0.05, 0.1) is 18.9 Å². The molecule has 0 aliphatic carbocycles. The van der Waals surface area contributed by atoms with Gasteiger partial charge >= 0.3 is 11.9 Å². The van der Waals surface area contributed by atoms with Crippen molar-refractivity contribution in [1.29, 1.82) is 0 Å². The van der Waals surface area contributed by atoms with Crippen LogP contribution in [0.4, 0.5) is 0 Å². The lowest BCUT2D eigenvalue weighted by Gasteiger charge is -2.24. The van der Waals surface area contributed by atoms with Crippen molar-refractivity contribution in [2.75, 3.05) is 7.11 Å². The summed E-state index contributed by atoms with van der Waals surface area (Å²) in [5.74, 6) is 0.313. The minimum absolute atomic E-state index is 0.175. The summed E-state index contributed by atoms with van der Waals surface area (Å²) in [6.45, 7) is 12.9. The molecule has 0 unspecified atom stereocenters. The van der Waals surface area contributed by atoms with Crippen molar-refractivity contribution in [3.8, 4) is 17.2 Å². The summed E-state index contributed by atoms with van der Waals surface area (Å²) < 4.78 is 22.1. The molecule has 0 saturated heterocycles. The van der Waals surface area contributed by atoms with E-state index in [-0.39, 0.29) is 5.69 Å². The maximum atomic E-state index is 12.1. The smallest absolute Gasteiger partial charge is 0.357 e. The summed E-state index contributed by atoms with van der Waals surface area (Å²) in [5, 5.41) is 0. The lowest BCUT2D eigenvalue weighted by atomic mass is 10.1. The molecule has 162 valence electrons. The number of hydrogen-bond donors (Lipinski definition) is 0. The first-order chi connectivity index (χ1) is 13.8. The quantitative estimate of drug-likeness (QED) is 0.628. The lowest BCUT2D eigenvalue weighted by molar-refractivity contribution is 0.00626. The van der Waals surface area contributed by atoms with Gasteiger partial charge in [-0.2, -0.15) is 0 Å². The minimum atomic E-state index is -0.608. The summed E-state index contributed by atoms with van der Waals surface area (Å²) in [4.78, 5) is 28.3. The van der Waals surface area contributed by atoms with Gasteiger partial charge in [0.25, 0.3) is 0 Å². The van der Waals surface area contributed by atoms with Gasteiger partial charge in [-0.3, -0.25) is 0 Å². The topological polar surface area (TPSA) is 84.0 Å². The van der Waals surface area contributed by atoms with Gasteiger partial charge in [-0.25, -0.2) is 14.6 Å². The minimum Gasteiger partial charge on any atom is -0.488 e. The van der Waals surface area contributed by atoms with Crippen molar-refractivity contribution in [1.82, 2.24) is 4.98 Å². The molecule has 1 heterocycles. The monoisotopic (exact) mass is 415 g/mol. The van der Waals surface area contributed by atoms with Gasteiger partial charge < -0.3 is 18.9 Å². The van der Waals surface area contributed by atoms with Crippen molar-refractivity contribution in [3.63, 3.8) is 0 Å². The van der Waals surface area contributed by atoms with Gasteiger partial charge in [0.1, 0.15) is 34.1 Å². The van der Waals surface area contributed by atoms with E-state index in [9.17, 15) is 9.59 Å². The van der Waals surface area contributed by atoms with Crippen molar-refractivity contribution in [2.24, 2.45) is 0 Å². The predicted octanol–water partition coefficient (Wildman–Crippen LogP) is 5.10. The Morgan fingerprint density at radius 2 is 1.53 bits per heavy atom. The molecule has 1 aromatic heterocycles. The summed E-state index contributed by atoms with van der Waals surface area (Å²) in [6, 6.07) is 6.35. The molecule has 0 bridgehead atoms. The standard InChI is InChI=1S/C23H29NO6/c1-14-18(11-15(20(25)27-8)12-19(14)29-22(2,3)4)28-16-9-10-17(24-13-16)21(26)30-23(5,6)7/h9-13H,1-8H3. The Labute approximate surface area is 177 Å². The van der Waals surface area contributed by atoms with E-state index in [2.05, 4.69) is 4.98 Å². The second-order valence-electron chi connectivity index (χ2n) is 8.79. The van der Waals surface area contributed by atoms with Gasteiger partial charge in [0.15, 0.2) is 0 Å². The van der Waals surface area contributed by atoms with E-state index in [0.29, 0.717) is 28.4 Å². The lowest BCUT2D eigenvalue weighted by Crippen LogP contribution is -2.24. The Balaban J connectivity index is 2.33. The highest BCUT2D eigenvalue weighted by Gasteiger charge is 2.21. The number of carbonyl (C=O) groups excluding carboxylic acids is 2. The summed E-state index contributed by atoms with van der Waals surface area (Å²) in [7, 11) is 1.31. The fraction of sp³-hybridized carbons (Fsp3) is 0.435. The van der Waals surface area contributed by atoms with E-state index in [0.717, 1.165) is 0 Å². The summed E-state index contributed by atoms with van der Waals surface area (Å²) in [5.41, 5.74) is 0.120. The third-order valence-electron chi connectivity index (χ3n) is 3.72. The highest BCUT2D eigenvalue weighted by Crippen LogP contribution is 2.35. The van der Waals surface area contributed by atoms with E-state index in [1.54, 1.807) is 39.0 Å². The molecule has 2 rings (SSSR count). The number of ether oxygens (including phenoxy) is 4. The van der Waals surface area contributed by atoms with E-state index in [1.807, 2.05) is 27.7 Å². The van der Waals surface area contributed by atoms with Gasteiger partial charge in [0, 0.05) is 5.56 Å². The molecule has 7 heteroatoms. The molecule has 0 atom stereocenters. The van der Waals surface area contributed by atoms with Crippen LogP contribution in [0.2, 0.25) is 0 Å². The van der Waals surface area contributed by atoms with Crippen molar-refractivity contribution >= 4 is 11.9 Å². The molecule has 0 radical (unpaired) electrons. The van der Waals surface area contributed by atoms with Crippen LogP contribution in [0.5, 0.6) is 17.2 Å². The Hall–Kier alpha value is -3.09. The van der Waals surface area contributed by atoms with Crippen LogP contribution in [0, 0.1) is 6.92 Å². The van der Waals surface area contributed by atoms with E-state index >= 15 is 0 Å². The first kappa shape index (κ1) is 23.2. The number of nitrogens with zero attached hydrogens (tertiary/aromatic N) is 1. The first-order valence-corrected chi connectivity index (χ1v) is 9.58. The molecule has 7 nitrogen and oxygen atoms in total. The second kappa shape index (κ2) is 8.73. The van der Waals surface area contributed by atoms with Crippen LogP contribution in [-0.4, -0.2) is 35.2 Å². The fourth-order valence-electron chi connectivity index (χ4n) is 2.46. The molecular formula is C23H29NO6.